The Morgan fingerprint density at radius 2 is 1.27 bits per heavy atom. The number of rotatable bonds is 11. The van der Waals surface area contributed by atoms with Crippen LogP contribution in [0.4, 0.5) is 0 Å². The number of carbonyl (C=O) groups excluding carboxylic acids is 1. The van der Waals surface area contributed by atoms with Crippen molar-refractivity contribution in [2.45, 2.75) is 59.3 Å². The highest BCUT2D eigenvalue weighted by Gasteiger charge is 2.18. The van der Waals surface area contributed by atoms with Crippen molar-refractivity contribution in [3.8, 4) is 0 Å². The number of unbranched alkanes of at least 4 members (excludes halogenated alkanes) is 3. The zero-order valence-corrected chi connectivity index (χ0v) is 14.6. The van der Waals surface area contributed by atoms with E-state index >= 15 is 0 Å². The molecule has 0 rings (SSSR count). The molecular weight excluding hydrogens is 282 g/mol. The van der Waals surface area contributed by atoms with E-state index in [1.165, 1.54) is 62.6 Å². The van der Waals surface area contributed by atoms with Gasteiger partial charge in [0.2, 0.25) is 0 Å². The molecule has 0 saturated carbocycles. The Morgan fingerprint density at radius 3 is 1.45 bits per heavy atom. The summed E-state index contributed by atoms with van der Waals surface area (Å²) in [6.07, 6.45) is 9.14. The SMILES string of the molecule is CCCC[N+](C)(CCCC)CCCC.O=C([O-])/C=C/C(=O)O. The molecule has 0 amide bonds. The number of quaternary nitrogens is 1. The smallest absolute Gasteiger partial charge is 0.328 e. The van der Waals surface area contributed by atoms with E-state index < -0.39 is 11.9 Å². The van der Waals surface area contributed by atoms with Gasteiger partial charge in [-0.15, -0.1) is 0 Å². The van der Waals surface area contributed by atoms with E-state index in [0.717, 1.165) is 0 Å². The van der Waals surface area contributed by atoms with Gasteiger partial charge < -0.3 is 19.5 Å². The minimum atomic E-state index is -1.51. The standard InChI is InChI=1S/C13H30N.C4H4O4/c1-5-8-11-14(4,12-9-6-2)13-10-7-3;5-3(6)1-2-4(7)8/h5-13H2,1-4H3;1-2H,(H,5,6)(H,7,8)/q+1;/p-1/b;2-1+. The lowest BCUT2D eigenvalue weighted by atomic mass is 10.2. The Labute approximate surface area is 135 Å². The molecule has 0 unspecified atom stereocenters. The van der Waals surface area contributed by atoms with Gasteiger partial charge in [-0.25, -0.2) is 4.79 Å². The fourth-order valence-electron chi connectivity index (χ4n) is 2.09. The number of carboxylic acids is 2. The molecule has 0 fully saturated rings. The first-order chi connectivity index (χ1) is 10.3. The third-order valence-corrected chi connectivity index (χ3v) is 3.52. The van der Waals surface area contributed by atoms with E-state index in [1.807, 2.05) is 0 Å². The van der Waals surface area contributed by atoms with Gasteiger partial charge in [0.25, 0.3) is 0 Å². The Bertz CT molecular complexity index is 289. The average molecular weight is 315 g/mol. The summed E-state index contributed by atoms with van der Waals surface area (Å²) in [5.41, 5.74) is 0. The van der Waals surface area contributed by atoms with Gasteiger partial charge in [-0.05, 0) is 25.3 Å². The predicted molar refractivity (Wildman–Crippen MR) is 87.3 cm³/mol. The molecule has 0 aliphatic rings. The fraction of sp³-hybridized carbons (Fsp3) is 0.765. The third-order valence-electron chi connectivity index (χ3n) is 3.52. The summed E-state index contributed by atoms with van der Waals surface area (Å²) in [5.74, 6) is -2.80. The summed E-state index contributed by atoms with van der Waals surface area (Å²) in [6.45, 7) is 11.0. The van der Waals surface area contributed by atoms with Crippen molar-refractivity contribution in [2.24, 2.45) is 0 Å². The number of hydrogen-bond acceptors (Lipinski definition) is 3. The van der Waals surface area contributed by atoms with Gasteiger partial charge in [0, 0.05) is 6.08 Å². The number of hydrogen-bond donors (Lipinski definition) is 1. The topological polar surface area (TPSA) is 77.4 Å². The van der Waals surface area contributed by atoms with Crippen LogP contribution in [0.25, 0.3) is 0 Å². The second-order valence-corrected chi connectivity index (χ2v) is 5.84. The van der Waals surface area contributed by atoms with Crippen LogP contribution in [0, 0.1) is 0 Å². The van der Waals surface area contributed by atoms with Crippen molar-refractivity contribution >= 4 is 11.9 Å². The molecule has 0 aromatic heterocycles. The first-order valence-electron chi connectivity index (χ1n) is 8.26. The maximum absolute atomic E-state index is 9.53. The van der Waals surface area contributed by atoms with Crippen molar-refractivity contribution in [3.05, 3.63) is 12.2 Å². The van der Waals surface area contributed by atoms with Crippen LogP contribution >= 0.6 is 0 Å². The lowest BCUT2D eigenvalue weighted by molar-refractivity contribution is -0.910. The monoisotopic (exact) mass is 315 g/mol. The molecule has 0 atom stereocenters. The van der Waals surface area contributed by atoms with Crippen LogP contribution in [0.3, 0.4) is 0 Å². The predicted octanol–water partition coefficient (Wildman–Crippen LogP) is 2.21. The molecule has 0 bridgehead atoms. The Morgan fingerprint density at radius 1 is 0.909 bits per heavy atom. The Balaban J connectivity index is 0. The molecule has 5 nitrogen and oxygen atoms in total. The minimum absolute atomic E-state index is 0.447. The number of nitrogens with zero attached hydrogens (tertiary/aromatic N) is 1. The van der Waals surface area contributed by atoms with Crippen LogP contribution < -0.4 is 5.11 Å². The van der Waals surface area contributed by atoms with Gasteiger partial charge >= 0.3 is 5.97 Å². The number of carbonyl (C=O) groups is 2. The first-order valence-corrected chi connectivity index (χ1v) is 8.26. The normalized spacial score (nSPS) is 11.1. The highest BCUT2D eigenvalue weighted by atomic mass is 16.4. The molecular formula is C17H33NO4. The van der Waals surface area contributed by atoms with Crippen molar-refractivity contribution in [2.75, 3.05) is 26.7 Å². The van der Waals surface area contributed by atoms with E-state index in [0.29, 0.717) is 12.2 Å². The quantitative estimate of drug-likeness (QED) is 0.468. The van der Waals surface area contributed by atoms with Gasteiger partial charge in [0.05, 0.1) is 32.7 Å². The average Bonchev–Trinajstić information content (AvgIpc) is 2.48. The van der Waals surface area contributed by atoms with E-state index in [4.69, 9.17) is 5.11 Å². The van der Waals surface area contributed by atoms with Crippen molar-refractivity contribution in [1.82, 2.24) is 0 Å². The van der Waals surface area contributed by atoms with Crippen LogP contribution in [0.2, 0.25) is 0 Å². The summed E-state index contributed by atoms with van der Waals surface area (Å²) in [7, 11) is 2.45. The maximum atomic E-state index is 9.53. The highest BCUT2D eigenvalue weighted by Crippen LogP contribution is 2.10. The number of aliphatic carboxylic acids is 2. The molecule has 0 saturated heterocycles. The summed E-state index contributed by atoms with van der Waals surface area (Å²) in [4.78, 5) is 19.0. The zero-order valence-electron chi connectivity index (χ0n) is 14.6. The summed E-state index contributed by atoms with van der Waals surface area (Å²) in [5, 5.41) is 17.2. The summed E-state index contributed by atoms with van der Waals surface area (Å²) >= 11 is 0. The summed E-state index contributed by atoms with van der Waals surface area (Å²) in [6, 6.07) is 0. The van der Waals surface area contributed by atoms with E-state index in [-0.39, 0.29) is 0 Å². The lowest BCUT2D eigenvalue weighted by Gasteiger charge is -2.34. The second kappa shape index (κ2) is 14.6. The van der Waals surface area contributed by atoms with Gasteiger partial charge in [-0.3, -0.25) is 0 Å². The van der Waals surface area contributed by atoms with Gasteiger partial charge in [-0.2, -0.15) is 0 Å². The van der Waals surface area contributed by atoms with Gasteiger partial charge in [-0.1, -0.05) is 40.0 Å². The van der Waals surface area contributed by atoms with Crippen LogP contribution in [-0.4, -0.2) is 48.2 Å². The van der Waals surface area contributed by atoms with Crippen molar-refractivity contribution in [1.29, 1.82) is 0 Å². The molecule has 0 heterocycles. The molecule has 1 N–H and O–H groups in total. The summed E-state index contributed by atoms with van der Waals surface area (Å²) < 4.78 is 1.32. The molecule has 0 spiro atoms. The molecule has 0 radical (unpaired) electrons. The minimum Gasteiger partial charge on any atom is -0.545 e. The molecule has 0 aromatic rings. The lowest BCUT2D eigenvalue weighted by Crippen LogP contribution is -2.46. The first kappa shape index (κ1) is 22.9. The van der Waals surface area contributed by atoms with Crippen LogP contribution in [0.15, 0.2) is 12.2 Å². The molecule has 130 valence electrons. The third kappa shape index (κ3) is 16.7. The van der Waals surface area contributed by atoms with Gasteiger partial charge in [0.1, 0.15) is 0 Å². The maximum Gasteiger partial charge on any atom is 0.328 e. The van der Waals surface area contributed by atoms with E-state index in [1.54, 1.807) is 0 Å². The van der Waals surface area contributed by atoms with Crippen LogP contribution in [-0.2, 0) is 9.59 Å². The van der Waals surface area contributed by atoms with Crippen molar-refractivity contribution in [3.63, 3.8) is 0 Å². The molecule has 0 aliphatic heterocycles. The zero-order chi connectivity index (χ0) is 17.4. The fourth-order valence-corrected chi connectivity index (χ4v) is 2.09. The van der Waals surface area contributed by atoms with Gasteiger partial charge in [0.15, 0.2) is 0 Å². The Kier molecular flexibility index (Phi) is 15.2. The molecule has 0 aliphatic carbocycles. The highest BCUT2D eigenvalue weighted by molar-refractivity contribution is 5.88. The second-order valence-electron chi connectivity index (χ2n) is 5.84. The molecule has 5 heteroatoms. The number of carboxylic acid groups (broad SMARTS) is 2. The van der Waals surface area contributed by atoms with Crippen molar-refractivity contribution < 1.29 is 24.3 Å². The van der Waals surface area contributed by atoms with E-state index in [9.17, 15) is 14.7 Å². The largest absolute Gasteiger partial charge is 0.545 e. The molecule has 0 aromatic carbocycles. The van der Waals surface area contributed by atoms with Crippen LogP contribution in [0.1, 0.15) is 59.3 Å². The Hall–Kier alpha value is -1.36. The van der Waals surface area contributed by atoms with Crippen LogP contribution in [0.5, 0.6) is 0 Å². The molecule has 22 heavy (non-hydrogen) atoms. The van der Waals surface area contributed by atoms with E-state index in [2.05, 4.69) is 27.8 Å².